The highest BCUT2D eigenvalue weighted by Gasteiger charge is 2.47. The van der Waals surface area contributed by atoms with Gasteiger partial charge in [-0.1, -0.05) is 42.0 Å². The van der Waals surface area contributed by atoms with Gasteiger partial charge in [-0.25, -0.2) is 14.4 Å². The third-order valence-electron chi connectivity index (χ3n) is 7.24. The van der Waals surface area contributed by atoms with Crippen LogP contribution in [0.25, 0.3) is 10.8 Å². The van der Waals surface area contributed by atoms with Crippen LogP contribution in [0.2, 0.25) is 0 Å². The highest BCUT2D eigenvalue weighted by molar-refractivity contribution is 6.10. The van der Waals surface area contributed by atoms with E-state index in [1.54, 1.807) is 30.3 Å². The number of benzene rings is 3. The highest BCUT2D eigenvalue weighted by Crippen LogP contribution is 2.30. The monoisotopic (exact) mass is 600 g/mol. The molecule has 228 valence electrons. The first-order chi connectivity index (χ1) is 20.2. The lowest BCUT2D eigenvalue weighted by Gasteiger charge is -2.39. The number of urea groups is 1. The summed E-state index contributed by atoms with van der Waals surface area (Å²) in [5.41, 5.74) is 1.95. The second-order valence-corrected chi connectivity index (χ2v) is 10.4. The van der Waals surface area contributed by atoms with Gasteiger partial charge in [0.05, 0.1) is 18.4 Å². The van der Waals surface area contributed by atoms with E-state index in [1.807, 2.05) is 39.0 Å². The molecular formula is C30H31F3N4O6. The number of hydrogen-bond donors (Lipinski definition) is 3. The molecule has 0 spiro atoms. The molecule has 3 amide bonds. The molecule has 3 aromatic rings. The second-order valence-electron chi connectivity index (χ2n) is 10.4. The molecule has 10 nitrogen and oxygen atoms in total. The molecule has 13 heteroatoms. The van der Waals surface area contributed by atoms with Crippen LogP contribution in [-0.4, -0.2) is 60.9 Å². The van der Waals surface area contributed by atoms with E-state index in [9.17, 15) is 32.3 Å². The van der Waals surface area contributed by atoms with Gasteiger partial charge in [0.15, 0.2) is 0 Å². The minimum Gasteiger partial charge on any atom is -0.467 e. The number of anilines is 2. The number of carbonyl (C=O) groups excluding carboxylic acids is 4. The maximum absolute atomic E-state index is 13.7. The number of fused-ring (bicyclic) bond motifs is 1. The number of alkyl halides is 3. The topological polar surface area (TPSA) is 126 Å². The fourth-order valence-electron chi connectivity index (χ4n) is 5.16. The number of nitrogens with one attached hydrogen (secondary N) is 3. The lowest BCUT2D eigenvalue weighted by atomic mass is 9.87. The Bertz CT molecular complexity index is 1560. The number of esters is 1. The van der Waals surface area contributed by atoms with Crippen LogP contribution < -0.4 is 16.0 Å². The molecule has 1 fully saturated rings. The van der Waals surface area contributed by atoms with Crippen molar-refractivity contribution in [2.24, 2.45) is 0 Å². The minimum absolute atomic E-state index is 0.0420. The van der Waals surface area contributed by atoms with Crippen molar-refractivity contribution in [3.05, 3.63) is 70.8 Å². The molecule has 1 aliphatic rings. The number of methoxy groups -OCH3 is 1. The number of rotatable bonds is 6. The van der Waals surface area contributed by atoms with Gasteiger partial charge in [0.25, 0.3) is 5.91 Å². The molecule has 43 heavy (non-hydrogen) atoms. The summed E-state index contributed by atoms with van der Waals surface area (Å²) in [6.45, 7) is 5.12. The summed E-state index contributed by atoms with van der Waals surface area (Å²) in [5, 5.41) is 10.5. The van der Waals surface area contributed by atoms with Gasteiger partial charge in [-0.15, -0.1) is 5.06 Å². The standard InChI is InChI=1S/C30H31F3N4O6/c1-17-13-18(2)24(19(3)14-17)35-28(41)34-23-16-21-8-6-5-7-20(21)15-22(23)25(38)36-29(26(39)42-4)9-11-37(12-10-29)43-27(40)30(31,32)33/h5-8,13-16H,9-12H2,1-4H3,(H,36,38)(H2,34,35,41). The Labute approximate surface area is 245 Å². The molecular weight excluding hydrogens is 569 g/mol. The molecule has 0 aliphatic carbocycles. The number of aryl methyl sites for hydroxylation is 3. The summed E-state index contributed by atoms with van der Waals surface area (Å²) in [7, 11) is 1.12. The van der Waals surface area contributed by atoms with E-state index in [0.717, 1.165) is 34.2 Å². The number of nitrogens with zero attached hydrogens (tertiary/aromatic N) is 1. The van der Waals surface area contributed by atoms with Crippen LogP contribution in [-0.2, 0) is 19.2 Å². The zero-order valence-electron chi connectivity index (χ0n) is 24.0. The summed E-state index contributed by atoms with van der Waals surface area (Å²) >= 11 is 0. The third-order valence-corrected chi connectivity index (χ3v) is 7.24. The first kappa shape index (κ1) is 31.3. The van der Waals surface area contributed by atoms with E-state index in [0.29, 0.717) is 11.1 Å². The van der Waals surface area contributed by atoms with Crippen molar-refractivity contribution in [1.29, 1.82) is 0 Å². The Morgan fingerprint density at radius 1 is 0.884 bits per heavy atom. The summed E-state index contributed by atoms with van der Waals surface area (Å²) in [4.78, 5) is 55.4. The molecule has 0 radical (unpaired) electrons. The van der Waals surface area contributed by atoms with Gasteiger partial charge < -0.3 is 25.5 Å². The molecule has 1 aliphatic heterocycles. The molecule has 0 saturated carbocycles. The summed E-state index contributed by atoms with van der Waals surface area (Å²) in [5.74, 6) is -3.93. The largest absolute Gasteiger partial charge is 0.492 e. The van der Waals surface area contributed by atoms with Crippen LogP contribution in [0.3, 0.4) is 0 Å². The molecule has 1 heterocycles. The zero-order chi connectivity index (χ0) is 31.5. The van der Waals surface area contributed by atoms with Crippen LogP contribution in [0.15, 0.2) is 48.5 Å². The van der Waals surface area contributed by atoms with Gasteiger partial charge in [-0.2, -0.15) is 13.2 Å². The minimum atomic E-state index is -5.19. The van der Waals surface area contributed by atoms with Gasteiger partial charge in [0, 0.05) is 18.8 Å². The Morgan fingerprint density at radius 2 is 1.47 bits per heavy atom. The second kappa shape index (κ2) is 12.3. The lowest BCUT2D eigenvalue weighted by Crippen LogP contribution is -2.60. The van der Waals surface area contributed by atoms with E-state index in [4.69, 9.17) is 4.74 Å². The van der Waals surface area contributed by atoms with Crippen LogP contribution in [0, 0.1) is 20.8 Å². The number of hydroxylamine groups is 2. The average Bonchev–Trinajstić information content (AvgIpc) is 2.94. The van der Waals surface area contributed by atoms with E-state index in [2.05, 4.69) is 20.8 Å². The van der Waals surface area contributed by atoms with Gasteiger partial charge in [0.2, 0.25) is 0 Å². The average molecular weight is 601 g/mol. The predicted molar refractivity (Wildman–Crippen MR) is 152 cm³/mol. The summed E-state index contributed by atoms with van der Waals surface area (Å²) < 4.78 is 42.9. The molecule has 0 bridgehead atoms. The molecule has 1 saturated heterocycles. The maximum Gasteiger partial charge on any atom is 0.492 e. The van der Waals surface area contributed by atoms with Crippen molar-refractivity contribution in [2.45, 2.75) is 45.3 Å². The van der Waals surface area contributed by atoms with Crippen LogP contribution in [0.1, 0.15) is 39.9 Å². The van der Waals surface area contributed by atoms with E-state index in [1.165, 1.54) is 0 Å². The normalized spacial score (nSPS) is 15.0. The van der Waals surface area contributed by atoms with Crippen molar-refractivity contribution >= 4 is 46.0 Å². The highest BCUT2D eigenvalue weighted by atomic mass is 19.4. The molecule has 0 unspecified atom stereocenters. The molecule has 0 aromatic heterocycles. The van der Waals surface area contributed by atoms with Crippen LogP contribution >= 0.6 is 0 Å². The van der Waals surface area contributed by atoms with Gasteiger partial charge in [-0.05, 0) is 67.6 Å². The number of piperidine rings is 1. The summed E-state index contributed by atoms with van der Waals surface area (Å²) in [6.07, 6.45) is -5.60. The van der Waals surface area contributed by atoms with E-state index >= 15 is 0 Å². The first-order valence-corrected chi connectivity index (χ1v) is 13.4. The Morgan fingerprint density at radius 3 is 2.02 bits per heavy atom. The Balaban J connectivity index is 1.60. The number of carbonyl (C=O) groups is 4. The first-order valence-electron chi connectivity index (χ1n) is 13.4. The Hall–Kier alpha value is -4.65. The SMILES string of the molecule is COC(=O)C1(NC(=O)c2cc3ccccc3cc2NC(=O)Nc2c(C)cc(C)cc2C)CCN(OC(=O)C(F)(F)F)CC1. The smallest absolute Gasteiger partial charge is 0.467 e. The fraction of sp³-hybridized carbons (Fsp3) is 0.333. The lowest BCUT2D eigenvalue weighted by molar-refractivity contribution is -0.243. The zero-order valence-corrected chi connectivity index (χ0v) is 24.0. The molecule has 0 atom stereocenters. The van der Waals surface area contributed by atoms with Crippen molar-refractivity contribution in [3.63, 3.8) is 0 Å². The third kappa shape index (κ3) is 7.05. The van der Waals surface area contributed by atoms with Crippen molar-refractivity contribution < 1.29 is 41.9 Å². The Kier molecular flexibility index (Phi) is 8.95. The fourth-order valence-corrected chi connectivity index (χ4v) is 5.16. The van der Waals surface area contributed by atoms with Crippen LogP contribution in [0.5, 0.6) is 0 Å². The van der Waals surface area contributed by atoms with Crippen molar-refractivity contribution in [2.75, 3.05) is 30.8 Å². The molecule has 4 rings (SSSR count). The summed E-state index contributed by atoms with van der Waals surface area (Å²) in [6, 6.07) is 13.6. The molecule has 3 aromatic carbocycles. The van der Waals surface area contributed by atoms with Gasteiger partial charge >= 0.3 is 24.1 Å². The van der Waals surface area contributed by atoms with Gasteiger partial charge in [-0.3, -0.25) is 4.79 Å². The predicted octanol–water partition coefficient (Wildman–Crippen LogP) is 5.17. The van der Waals surface area contributed by atoms with Crippen molar-refractivity contribution in [3.8, 4) is 0 Å². The van der Waals surface area contributed by atoms with Crippen LogP contribution in [0.4, 0.5) is 29.3 Å². The van der Waals surface area contributed by atoms with E-state index < -0.39 is 35.6 Å². The van der Waals surface area contributed by atoms with Gasteiger partial charge in [0.1, 0.15) is 5.54 Å². The quantitative estimate of drug-likeness (QED) is 0.334. The van der Waals surface area contributed by atoms with E-state index in [-0.39, 0.29) is 37.2 Å². The number of hydrogen-bond acceptors (Lipinski definition) is 7. The number of amides is 3. The maximum atomic E-state index is 13.7. The number of ether oxygens (including phenoxy) is 1. The van der Waals surface area contributed by atoms with Crippen molar-refractivity contribution in [1.82, 2.24) is 10.4 Å². The number of halogens is 3. The molecule has 3 N–H and O–H groups in total.